The molecule has 8 heteroatoms. The van der Waals surface area contributed by atoms with E-state index in [1.807, 2.05) is 28.0 Å². The summed E-state index contributed by atoms with van der Waals surface area (Å²) in [7, 11) is 0. The van der Waals surface area contributed by atoms with Crippen LogP contribution in [-0.2, 0) is 16.1 Å². The van der Waals surface area contributed by atoms with Gasteiger partial charge < -0.3 is 4.90 Å². The second-order valence-corrected chi connectivity index (χ2v) is 11.4. The lowest BCUT2D eigenvalue weighted by molar-refractivity contribution is -0.133. The number of rotatable bonds is 14. The van der Waals surface area contributed by atoms with Crippen LogP contribution in [0.5, 0.6) is 0 Å². The molecule has 1 aromatic rings. The van der Waals surface area contributed by atoms with Crippen molar-refractivity contribution in [2.45, 2.75) is 71.3 Å². The van der Waals surface area contributed by atoms with Gasteiger partial charge in [0.05, 0.1) is 6.54 Å². The number of hydrogen-bond donors (Lipinski definition) is 2. The smallest absolute Gasteiger partial charge is 0.243 e. The third-order valence-electron chi connectivity index (χ3n) is 8.63. The van der Waals surface area contributed by atoms with E-state index in [-0.39, 0.29) is 17.2 Å². The number of piperazine rings is 1. The molecule has 0 radical (unpaired) electrons. The molecule has 0 unspecified atom stereocenters. The highest BCUT2D eigenvalue weighted by molar-refractivity contribution is 5.76. The van der Waals surface area contributed by atoms with Crippen LogP contribution in [0.1, 0.15) is 64.7 Å². The molecule has 1 aliphatic heterocycles. The van der Waals surface area contributed by atoms with Crippen molar-refractivity contribution in [2.24, 2.45) is 17.3 Å². The molecule has 0 bridgehead atoms. The predicted octanol–water partition coefficient (Wildman–Crippen LogP) is 4.59. The number of hydrogen-bond acceptors (Lipinski definition) is 5. The van der Waals surface area contributed by atoms with Gasteiger partial charge in [0, 0.05) is 58.0 Å². The predicted molar refractivity (Wildman–Crippen MR) is 150 cm³/mol. The lowest BCUT2D eigenvalue weighted by Crippen LogP contribution is -2.49. The third kappa shape index (κ3) is 8.40. The lowest BCUT2D eigenvalue weighted by atomic mass is 9.61. The van der Waals surface area contributed by atoms with E-state index in [4.69, 9.17) is 5.21 Å². The van der Waals surface area contributed by atoms with Crippen LogP contribution in [0.25, 0.3) is 0 Å². The van der Waals surface area contributed by atoms with E-state index in [1.165, 1.54) is 11.1 Å². The van der Waals surface area contributed by atoms with Gasteiger partial charge in [0.15, 0.2) is 0 Å². The SMILES string of the molecule is C=C[C@]1(C)CC[C@@H](C(=C)Cn2cccn2)C[C@H]1C(=C)CN1CCN(C(=O)CCCCCCC(=O)NO)CC1. The van der Waals surface area contributed by atoms with Crippen LogP contribution in [0.4, 0.5) is 0 Å². The first-order valence-electron chi connectivity index (χ1n) is 14.1. The molecule has 0 aromatic carbocycles. The Morgan fingerprint density at radius 3 is 2.42 bits per heavy atom. The summed E-state index contributed by atoms with van der Waals surface area (Å²) in [5, 5.41) is 12.9. The highest BCUT2D eigenvalue weighted by Crippen LogP contribution is 2.49. The first kappa shape index (κ1) is 29.8. The minimum atomic E-state index is -0.352. The van der Waals surface area contributed by atoms with Gasteiger partial charge in [-0.2, -0.15) is 5.10 Å². The number of carbonyl (C=O) groups excluding carboxylic acids is 2. The van der Waals surface area contributed by atoms with Crippen LogP contribution >= 0.6 is 0 Å². The summed E-state index contributed by atoms with van der Waals surface area (Å²) in [5.41, 5.74) is 4.19. The van der Waals surface area contributed by atoms with Crippen LogP contribution in [0.15, 0.2) is 55.4 Å². The van der Waals surface area contributed by atoms with E-state index in [1.54, 1.807) is 5.48 Å². The molecule has 2 heterocycles. The minimum absolute atomic E-state index is 0.0409. The molecule has 1 aliphatic carbocycles. The van der Waals surface area contributed by atoms with Crippen molar-refractivity contribution in [3.63, 3.8) is 0 Å². The van der Waals surface area contributed by atoms with Gasteiger partial charge in [0.25, 0.3) is 0 Å². The average Bonchev–Trinajstić information content (AvgIpc) is 3.43. The molecular formula is C30H47N5O3. The maximum Gasteiger partial charge on any atom is 0.243 e. The van der Waals surface area contributed by atoms with Gasteiger partial charge in [-0.1, -0.05) is 50.1 Å². The number of unbranched alkanes of at least 4 members (excludes halogenated alkanes) is 3. The fourth-order valence-electron chi connectivity index (χ4n) is 5.99. The summed E-state index contributed by atoms with van der Waals surface area (Å²) in [6.07, 6.45) is 13.4. The van der Waals surface area contributed by atoms with E-state index in [2.05, 4.69) is 42.7 Å². The topological polar surface area (TPSA) is 90.7 Å². The maximum absolute atomic E-state index is 12.7. The zero-order valence-corrected chi connectivity index (χ0v) is 23.2. The Hall–Kier alpha value is -2.71. The summed E-state index contributed by atoms with van der Waals surface area (Å²) >= 11 is 0. The lowest BCUT2D eigenvalue weighted by Gasteiger charge is -2.45. The Morgan fingerprint density at radius 2 is 1.79 bits per heavy atom. The fourth-order valence-corrected chi connectivity index (χ4v) is 5.99. The van der Waals surface area contributed by atoms with Crippen molar-refractivity contribution in [1.29, 1.82) is 0 Å². The fraction of sp³-hybridized carbons (Fsp3) is 0.633. The van der Waals surface area contributed by atoms with Gasteiger partial charge in [-0.15, -0.1) is 6.58 Å². The van der Waals surface area contributed by atoms with E-state index in [0.717, 1.165) is 84.2 Å². The minimum Gasteiger partial charge on any atom is -0.340 e. The monoisotopic (exact) mass is 525 g/mol. The molecule has 1 aromatic heterocycles. The largest absolute Gasteiger partial charge is 0.340 e. The van der Waals surface area contributed by atoms with Crippen LogP contribution in [0.3, 0.4) is 0 Å². The van der Waals surface area contributed by atoms with Gasteiger partial charge in [-0.25, -0.2) is 5.48 Å². The van der Waals surface area contributed by atoms with E-state index in [0.29, 0.717) is 24.7 Å². The highest BCUT2D eigenvalue weighted by atomic mass is 16.5. The summed E-state index contributed by atoms with van der Waals surface area (Å²) in [5.74, 6) is 0.683. The number of carbonyl (C=O) groups is 2. The zero-order chi connectivity index (χ0) is 27.5. The van der Waals surface area contributed by atoms with Gasteiger partial charge in [0.2, 0.25) is 11.8 Å². The summed E-state index contributed by atoms with van der Waals surface area (Å²) in [6, 6.07) is 1.95. The Labute approximate surface area is 228 Å². The van der Waals surface area contributed by atoms with E-state index < -0.39 is 0 Å². The first-order chi connectivity index (χ1) is 18.3. The van der Waals surface area contributed by atoms with Gasteiger partial charge >= 0.3 is 0 Å². The Morgan fingerprint density at radius 1 is 1.08 bits per heavy atom. The average molecular weight is 526 g/mol. The molecule has 2 N–H and O–H groups in total. The molecule has 2 aliphatic rings. The number of hydroxylamine groups is 1. The van der Waals surface area contributed by atoms with Crippen LogP contribution in [0, 0.1) is 17.3 Å². The van der Waals surface area contributed by atoms with Crippen molar-refractivity contribution in [3.05, 3.63) is 55.4 Å². The van der Waals surface area contributed by atoms with Crippen LogP contribution < -0.4 is 5.48 Å². The maximum atomic E-state index is 12.7. The molecule has 3 atom stereocenters. The second-order valence-electron chi connectivity index (χ2n) is 11.4. The Kier molecular flexibility index (Phi) is 11.3. The van der Waals surface area contributed by atoms with E-state index >= 15 is 0 Å². The van der Waals surface area contributed by atoms with Crippen LogP contribution in [-0.4, -0.2) is 69.3 Å². The number of nitrogens with zero attached hydrogens (tertiary/aromatic N) is 4. The second kappa shape index (κ2) is 14.4. The number of allylic oxidation sites excluding steroid dienone is 2. The van der Waals surface area contributed by atoms with Gasteiger partial charge in [0.1, 0.15) is 0 Å². The standard InChI is InChI=1S/C30H47N5O3/c1-5-30(4)14-13-26(24(2)23-35-16-10-15-31-35)21-27(30)25(3)22-33-17-19-34(20-18-33)29(37)12-9-7-6-8-11-28(36)32-38/h5,10,15-16,26-27,38H,1-3,6-9,11-14,17-23H2,4H3,(H,32,36)/t26-,27+,30-/m1/s1. The van der Waals surface area contributed by atoms with Crippen LogP contribution in [0.2, 0.25) is 0 Å². The molecule has 1 saturated heterocycles. The van der Waals surface area contributed by atoms with Crippen molar-refractivity contribution < 1.29 is 14.8 Å². The zero-order valence-electron chi connectivity index (χ0n) is 23.2. The molecule has 210 valence electrons. The molecule has 2 fully saturated rings. The molecule has 0 spiro atoms. The third-order valence-corrected chi connectivity index (χ3v) is 8.63. The summed E-state index contributed by atoms with van der Waals surface area (Å²) < 4.78 is 1.95. The van der Waals surface area contributed by atoms with Crippen molar-refractivity contribution in [1.82, 2.24) is 25.1 Å². The molecule has 8 nitrogen and oxygen atoms in total. The summed E-state index contributed by atoms with van der Waals surface area (Å²) in [4.78, 5) is 28.1. The van der Waals surface area contributed by atoms with Crippen molar-refractivity contribution in [2.75, 3.05) is 32.7 Å². The number of aromatic nitrogens is 2. The Balaban J connectivity index is 1.42. The Bertz CT molecular complexity index is 951. The van der Waals surface area contributed by atoms with Gasteiger partial charge in [-0.3, -0.25) is 24.4 Å². The molecule has 2 amide bonds. The number of nitrogens with one attached hydrogen (secondary N) is 1. The van der Waals surface area contributed by atoms with Gasteiger partial charge in [-0.05, 0) is 55.4 Å². The highest BCUT2D eigenvalue weighted by Gasteiger charge is 2.40. The van der Waals surface area contributed by atoms with E-state index in [9.17, 15) is 9.59 Å². The quantitative estimate of drug-likeness (QED) is 0.160. The molecule has 3 rings (SSSR count). The summed E-state index contributed by atoms with van der Waals surface area (Å²) in [6.45, 7) is 20.4. The molecule has 1 saturated carbocycles. The van der Waals surface area contributed by atoms with Crippen molar-refractivity contribution in [3.8, 4) is 0 Å². The molecular weight excluding hydrogens is 478 g/mol. The van der Waals surface area contributed by atoms with Crippen molar-refractivity contribution >= 4 is 11.8 Å². The first-order valence-corrected chi connectivity index (χ1v) is 14.1. The number of amides is 2. The normalized spacial score (nSPS) is 24.1. The molecule has 38 heavy (non-hydrogen) atoms.